The van der Waals surface area contributed by atoms with E-state index in [1.807, 2.05) is 0 Å². The summed E-state index contributed by atoms with van der Waals surface area (Å²) in [6.07, 6.45) is 0. The van der Waals surface area contributed by atoms with Gasteiger partial charge in [0.15, 0.2) is 23.0 Å². The third-order valence-corrected chi connectivity index (χ3v) is 1.89. The van der Waals surface area contributed by atoms with Crippen LogP contribution in [-0.2, 0) is 4.79 Å². The second-order valence-electron chi connectivity index (χ2n) is 2.82. The van der Waals surface area contributed by atoms with Gasteiger partial charge in [0, 0.05) is 12.6 Å². The van der Waals surface area contributed by atoms with Crippen molar-refractivity contribution in [2.75, 3.05) is 7.05 Å². The number of aromatic hydroxyl groups is 2. The van der Waals surface area contributed by atoms with Gasteiger partial charge in [0.25, 0.3) is 5.91 Å². The summed E-state index contributed by atoms with van der Waals surface area (Å²) in [4.78, 5) is 11.2. The quantitative estimate of drug-likeness (QED) is 0.250. The molecule has 0 bridgehead atoms. The van der Waals surface area contributed by atoms with Crippen molar-refractivity contribution in [3.63, 3.8) is 0 Å². The van der Waals surface area contributed by atoms with E-state index in [4.69, 9.17) is 15.4 Å². The molecule has 0 spiro atoms. The second-order valence-corrected chi connectivity index (χ2v) is 2.82. The molecule has 0 radical (unpaired) electrons. The minimum atomic E-state index is -1.24. The van der Waals surface area contributed by atoms with Crippen LogP contribution in [0.4, 0.5) is 4.39 Å². The Kier molecular flexibility index (Phi) is 3.29. The Balaban J connectivity index is 3.34. The number of nitrogens with zero attached hydrogens (tertiary/aromatic N) is 1. The molecule has 0 heterocycles. The van der Waals surface area contributed by atoms with Crippen LogP contribution in [0.2, 0.25) is 0 Å². The fraction of sp³-hybridized carbons (Fsp3) is 0.111. The highest BCUT2D eigenvalue weighted by Gasteiger charge is 2.21. The van der Waals surface area contributed by atoms with E-state index in [0.717, 1.165) is 12.1 Å². The summed E-state index contributed by atoms with van der Waals surface area (Å²) in [5.41, 5.74) is -1.02. The smallest absolute Gasteiger partial charge is 0.273 e. The van der Waals surface area contributed by atoms with Crippen molar-refractivity contribution in [1.29, 1.82) is 0 Å². The first kappa shape index (κ1) is 11.8. The first-order valence-electron chi connectivity index (χ1n) is 4.17. The lowest BCUT2D eigenvalue weighted by Gasteiger charge is -2.06. The minimum absolute atomic E-state index is 0.419. The average molecular weight is 228 g/mol. The van der Waals surface area contributed by atoms with Gasteiger partial charge in [-0.3, -0.25) is 4.79 Å². The van der Waals surface area contributed by atoms with Crippen molar-refractivity contribution in [3.8, 4) is 11.5 Å². The molecule has 0 aliphatic carbocycles. The Morgan fingerprint density at radius 2 is 2.06 bits per heavy atom. The molecule has 0 saturated heterocycles. The number of oxime groups is 1. The number of carbonyl (C=O) groups is 1. The van der Waals surface area contributed by atoms with Crippen LogP contribution in [0.1, 0.15) is 5.56 Å². The van der Waals surface area contributed by atoms with E-state index in [2.05, 4.69) is 10.5 Å². The van der Waals surface area contributed by atoms with E-state index >= 15 is 0 Å². The second kappa shape index (κ2) is 4.47. The van der Waals surface area contributed by atoms with E-state index in [1.54, 1.807) is 0 Å². The molecule has 1 amide bonds. The van der Waals surface area contributed by atoms with Crippen LogP contribution in [0, 0.1) is 5.82 Å². The number of nitrogens with one attached hydrogen (secondary N) is 1. The van der Waals surface area contributed by atoms with Gasteiger partial charge >= 0.3 is 0 Å². The maximum absolute atomic E-state index is 13.4. The summed E-state index contributed by atoms with van der Waals surface area (Å²) in [6, 6.07) is 1.98. The highest BCUT2D eigenvalue weighted by atomic mass is 19.1. The molecule has 0 atom stereocenters. The van der Waals surface area contributed by atoms with Crippen LogP contribution >= 0.6 is 0 Å². The number of hydrogen-bond acceptors (Lipinski definition) is 5. The topological polar surface area (TPSA) is 102 Å². The molecule has 86 valence electrons. The summed E-state index contributed by atoms with van der Waals surface area (Å²) < 4.78 is 13.4. The molecule has 1 aromatic rings. The molecule has 1 aromatic carbocycles. The van der Waals surface area contributed by atoms with Gasteiger partial charge in [-0.05, 0) is 12.1 Å². The van der Waals surface area contributed by atoms with Gasteiger partial charge in [0.2, 0.25) is 0 Å². The summed E-state index contributed by atoms with van der Waals surface area (Å²) in [5.74, 6) is -3.75. The molecule has 6 nitrogen and oxygen atoms in total. The predicted molar refractivity (Wildman–Crippen MR) is 52.1 cm³/mol. The lowest BCUT2D eigenvalue weighted by molar-refractivity contribution is -0.114. The molecule has 4 N–H and O–H groups in total. The third-order valence-electron chi connectivity index (χ3n) is 1.89. The summed E-state index contributed by atoms with van der Waals surface area (Å²) in [5, 5.41) is 31.4. The monoisotopic (exact) mass is 228 g/mol. The van der Waals surface area contributed by atoms with Crippen LogP contribution in [0.25, 0.3) is 0 Å². The fourth-order valence-electron chi connectivity index (χ4n) is 1.08. The van der Waals surface area contributed by atoms with Crippen molar-refractivity contribution in [2.24, 2.45) is 5.16 Å². The number of amides is 1. The number of carbonyl (C=O) groups excluding carboxylic acids is 1. The molecule has 0 aliphatic heterocycles. The van der Waals surface area contributed by atoms with Gasteiger partial charge in [-0.1, -0.05) is 5.16 Å². The van der Waals surface area contributed by atoms with Crippen LogP contribution in [-0.4, -0.2) is 34.1 Å². The maximum Gasteiger partial charge on any atom is 0.273 e. The first-order chi connectivity index (χ1) is 7.52. The summed E-state index contributed by atoms with van der Waals surface area (Å²) >= 11 is 0. The largest absolute Gasteiger partial charge is 0.504 e. The van der Waals surface area contributed by atoms with E-state index in [9.17, 15) is 9.18 Å². The van der Waals surface area contributed by atoms with Gasteiger partial charge in [-0.15, -0.1) is 0 Å². The maximum atomic E-state index is 13.4. The van der Waals surface area contributed by atoms with Gasteiger partial charge in [-0.2, -0.15) is 0 Å². The molecule has 0 aromatic heterocycles. The molecular weight excluding hydrogens is 219 g/mol. The van der Waals surface area contributed by atoms with E-state index < -0.39 is 34.5 Å². The molecule has 16 heavy (non-hydrogen) atoms. The van der Waals surface area contributed by atoms with Crippen molar-refractivity contribution >= 4 is 11.6 Å². The Morgan fingerprint density at radius 3 is 2.56 bits per heavy atom. The van der Waals surface area contributed by atoms with Crippen molar-refractivity contribution < 1.29 is 24.6 Å². The lowest BCUT2D eigenvalue weighted by atomic mass is 10.1. The van der Waals surface area contributed by atoms with Gasteiger partial charge in [0.1, 0.15) is 0 Å². The predicted octanol–water partition coefficient (Wildman–Crippen LogP) is 0.161. The van der Waals surface area contributed by atoms with Crippen molar-refractivity contribution in [1.82, 2.24) is 5.32 Å². The number of halogens is 1. The molecule has 0 fully saturated rings. The van der Waals surface area contributed by atoms with E-state index in [-0.39, 0.29) is 0 Å². The van der Waals surface area contributed by atoms with Gasteiger partial charge in [0.05, 0.1) is 0 Å². The van der Waals surface area contributed by atoms with Crippen LogP contribution in [0.5, 0.6) is 11.5 Å². The van der Waals surface area contributed by atoms with Gasteiger partial charge < -0.3 is 20.7 Å². The molecule has 0 saturated carbocycles. The number of benzene rings is 1. The van der Waals surface area contributed by atoms with Crippen LogP contribution in [0.15, 0.2) is 17.3 Å². The highest BCUT2D eigenvalue weighted by molar-refractivity contribution is 6.45. The van der Waals surface area contributed by atoms with Gasteiger partial charge in [-0.25, -0.2) is 4.39 Å². The Bertz CT molecular complexity index is 459. The number of likely N-dealkylation sites (N-methyl/N-ethyl adjacent to an activating group) is 1. The number of hydrogen-bond donors (Lipinski definition) is 4. The molecule has 0 unspecified atom stereocenters. The zero-order valence-corrected chi connectivity index (χ0v) is 8.23. The van der Waals surface area contributed by atoms with E-state index in [1.165, 1.54) is 7.05 Å². The normalized spacial score (nSPS) is 11.2. The third kappa shape index (κ3) is 1.88. The van der Waals surface area contributed by atoms with Crippen LogP contribution in [0.3, 0.4) is 0 Å². The van der Waals surface area contributed by atoms with Crippen LogP contribution < -0.4 is 5.32 Å². The molecule has 0 aliphatic rings. The molecule has 7 heteroatoms. The molecular formula is C9H9FN2O4. The SMILES string of the molecule is CNC(=O)C(=NO)c1ccc(O)c(O)c1F. The lowest BCUT2D eigenvalue weighted by Crippen LogP contribution is -2.29. The fourth-order valence-corrected chi connectivity index (χ4v) is 1.08. The zero-order valence-electron chi connectivity index (χ0n) is 8.23. The average Bonchev–Trinajstić information content (AvgIpc) is 2.29. The minimum Gasteiger partial charge on any atom is -0.504 e. The number of phenolic OH excluding ortho intramolecular Hbond substituents is 2. The Labute approximate surface area is 89.6 Å². The Morgan fingerprint density at radius 1 is 1.44 bits per heavy atom. The Hall–Kier alpha value is -2.31. The zero-order chi connectivity index (χ0) is 12.3. The number of rotatable bonds is 2. The number of phenols is 2. The summed E-state index contributed by atoms with van der Waals surface area (Å²) in [7, 11) is 1.27. The van der Waals surface area contributed by atoms with Crippen molar-refractivity contribution in [2.45, 2.75) is 0 Å². The van der Waals surface area contributed by atoms with Crippen molar-refractivity contribution in [3.05, 3.63) is 23.5 Å². The highest BCUT2D eigenvalue weighted by Crippen LogP contribution is 2.29. The first-order valence-corrected chi connectivity index (χ1v) is 4.17. The molecule has 1 rings (SSSR count). The standard InChI is InChI=1S/C9H9FN2O4/c1-11-9(15)7(12-16)4-2-3-5(13)8(14)6(4)10/h2-3,13-14,16H,1H3,(H,11,15). The van der Waals surface area contributed by atoms with E-state index in [0.29, 0.717) is 0 Å². The summed E-state index contributed by atoms with van der Waals surface area (Å²) in [6.45, 7) is 0.